The molecule has 1 aliphatic heterocycles. The van der Waals surface area contributed by atoms with Gasteiger partial charge in [0, 0.05) is 18.3 Å². The Morgan fingerprint density at radius 3 is 3.19 bits per heavy atom. The third-order valence-electron chi connectivity index (χ3n) is 2.60. The second-order valence-corrected chi connectivity index (χ2v) is 4.18. The summed E-state index contributed by atoms with van der Waals surface area (Å²) < 4.78 is 5.29. The molecule has 2 rings (SSSR count). The van der Waals surface area contributed by atoms with Crippen LogP contribution in [0.2, 0.25) is 5.15 Å². The number of carbonyl (C=O) groups excluding carboxylic acids is 1. The van der Waals surface area contributed by atoms with Crippen molar-refractivity contribution in [2.45, 2.75) is 13.0 Å². The molecule has 1 aromatic heterocycles. The number of rotatable bonds is 1. The zero-order valence-electron chi connectivity index (χ0n) is 9.02. The van der Waals surface area contributed by atoms with Crippen molar-refractivity contribution in [3.8, 4) is 0 Å². The minimum Gasteiger partial charge on any atom is -0.377 e. The topological polar surface area (TPSA) is 42.4 Å². The lowest BCUT2D eigenvalue weighted by molar-refractivity contribution is 0.00359. The van der Waals surface area contributed by atoms with Crippen LogP contribution in [0, 0.1) is 0 Å². The third-order valence-corrected chi connectivity index (χ3v) is 2.81. The van der Waals surface area contributed by atoms with Gasteiger partial charge in [0.25, 0.3) is 5.91 Å². The van der Waals surface area contributed by atoms with E-state index in [1.54, 1.807) is 23.2 Å². The van der Waals surface area contributed by atoms with Crippen LogP contribution in [0.4, 0.5) is 0 Å². The number of hydrogen-bond donors (Lipinski definition) is 0. The average molecular weight is 241 g/mol. The lowest BCUT2D eigenvalue weighted by Gasteiger charge is -2.33. The molecule has 1 atom stereocenters. The van der Waals surface area contributed by atoms with Crippen LogP contribution in [0.3, 0.4) is 0 Å². The molecule has 0 radical (unpaired) electrons. The molecule has 0 N–H and O–H groups in total. The van der Waals surface area contributed by atoms with E-state index in [4.69, 9.17) is 16.3 Å². The van der Waals surface area contributed by atoms with Crippen molar-refractivity contribution in [1.82, 2.24) is 9.88 Å². The SMILES string of the molecule is C[C@@H]1COCCN1C(=O)c1ccnc(Cl)c1. The largest absolute Gasteiger partial charge is 0.377 e. The van der Waals surface area contributed by atoms with E-state index in [0.29, 0.717) is 30.5 Å². The Bertz CT molecular complexity index is 397. The minimum atomic E-state index is -0.0138. The number of halogens is 1. The van der Waals surface area contributed by atoms with E-state index in [1.165, 1.54) is 0 Å². The monoisotopic (exact) mass is 240 g/mol. The van der Waals surface area contributed by atoms with Gasteiger partial charge >= 0.3 is 0 Å². The van der Waals surface area contributed by atoms with Gasteiger partial charge in [0.05, 0.1) is 19.3 Å². The van der Waals surface area contributed by atoms with Crippen LogP contribution in [-0.2, 0) is 4.74 Å². The highest BCUT2D eigenvalue weighted by Crippen LogP contribution is 2.14. The smallest absolute Gasteiger partial charge is 0.254 e. The van der Waals surface area contributed by atoms with Crippen molar-refractivity contribution < 1.29 is 9.53 Å². The second kappa shape index (κ2) is 4.80. The highest BCUT2D eigenvalue weighted by molar-refractivity contribution is 6.29. The number of nitrogens with zero attached hydrogens (tertiary/aromatic N) is 2. The minimum absolute atomic E-state index is 0.0138. The van der Waals surface area contributed by atoms with Gasteiger partial charge in [0.15, 0.2) is 0 Å². The Labute approximate surface area is 99.2 Å². The summed E-state index contributed by atoms with van der Waals surface area (Å²) in [6.07, 6.45) is 1.54. The lowest BCUT2D eigenvalue weighted by Crippen LogP contribution is -2.47. The fourth-order valence-corrected chi connectivity index (χ4v) is 1.90. The number of ether oxygens (including phenoxy) is 1. The highest BCUT2D eigenvalue weighted by atomic mass is 35.5. The molecular weight excluding hydrogens is 228 g/mol. The van der Waals surface area contributed by atoms with Crippen molar-refractivity contribution in [2.24, 2.45) is 0 Å². The van der Waals surface area contributed by atoms with Gasteiger partial charge in [-0.15, -0.1) is 0 Å². The van der Waals surface area contributed by atoms with Gasteiger partial charge < -0.3 is 9.64 Å². The number of amides is 1. The van der Waals surface area contributed by atoms with Gasteiger partial charge in [0.2, 0.25) is 0 Å². The Morgan fingerprint density at radius 2 is 2.50 bits per heavy atom. The summed E-state index contributed by atoms with van der Waals surface area (Å²) in [4.78, 5) is 17.8. The molecule has 1 saturated heterocycles. The molecule has 1 fully saturated rings. The molecule has 2 heterocycles. The summed E-state index contributed by atoms with van der Waals surface area (Å²) in [5.74, 6) is -0.0138. The maximum absolute atomic E-state index is 12.1. The van der Waals surface area contributed by atoms with E-state index in [9.17, 15) is 4.79 Å². The van der Waals surface area contributed by atoms with Crippen LogP contribution in [0.1, 0.15) is 17.3 Å². The van der Waals surface area contributed by atoms with Gasteiger partial charge in [-0.3, -0.25) is 4.79 Å². The molecule has 16 heavy (non-hydrogen) atoms. The van der Waals surface area contributed by atoms with Gasteiger partial charge in [-0.25, -0.2) is 4.98 Å². The van der Waals surface area contributed by atoms with Gasteiger partial charge in [-0.1, -0.05) is 11.6 Å². The van der Waals surface area contributed by atoms with Crippen LogP contribution in [0.25, 0.3) is 0 Å². The summed E-state index contributed by atoms with van der Waals surface area (Å²) in [6, 6.07) is 3.37. The molecule has 0 saturated carbocycles. The number of morpholine rings is 1. The zero-order chi connectivity index (χ0) is 11.5. The van der Waals surface area contributed by atoms with Crippen molar-refractivity contribution in [3.63, 3.8) is 0 Å². The number of pyridine rings is 1. The maximum atomic E-state index is 12.1. The molecule has 4 nitrogen and oxygen atoms in total. The summed E-state index contributed by atoms with van der Waals surface area (Å²) in [5, 5.41) is 0.340. The van der Waals surface area contributed by atoms with Crippen molar-refractivity contribution >= 4 is 17.5 Å². The van der Waals surface area contributed by atoms with Crippen molar-refractivity contribution in [2.75, 3.05) is 19.8 Å². The number of carbonyl (C=O) groups is 1. The van der Waals surface area contributed by atoms with Crippen LogP contribution >= 0.6 is 11.6 Å². The Kier molecular flexibility index (Phi) is 3.41. The standard InChI is InChI=1S/C11H13ClN2O2/c1-8-7-16-5-4-14(8)11(15)9-2-3-13-10(12)6-9/h2-3,6,8H,4-5,7H2,1H3/t8-/m1/s1. The van der Waals surface area contributed by atoms with E-state index >= 15 is 0 Å². The normalized spacial score (nSPS) is 20.9. The molecule has 86 valence electrons. The highest BCUT2D eigenvalue weighted by Gasteiger charge is 2.24. The van der Waals surface area contributed by atoms with E-state index in [2.05, 4.69) is 4.98 Å². The fraction of sp³-hybridized carbons (Fsp3) is 0.455. The van der Waals surface area contributed by atoms with Crippen molar-refractivity contribution in [3.05, 3.63) is 29.0 Å². The molecule has 1 amide bonds. The lowest BCUT2D eigenvalue weighted by atomic mass is 10.2. The molecule has 1 aromatic rings. The molecule has 0 spiro atoms. The van der Waals surface area contributed by atoms with Crippen LogP contribution in [-0.4, -0.2) is 41.6 Å². The predicted octanol–water partition coefficient (Wildman–Crippen LogP) is 1.60. The molecule has 0 aromatic carbocycles. The quantitative estimate of drug-likeness (QED) is 0.701. The van der Waals surface area contributed by atoms with E-state index < -0.39 is 0 Å². The summed E-state index contributed by atoms with van der Waals surface area (Å²) >= 11 is 5.76. The van der Waals surface area contributed by atoms with Crippen molar-refractivity contribution in [1.29, 1.82) is 0 Å². The zero-order valence-corrected chi connectivity index (χ0v) is 9.78. The number of hydrogen-bond acceptors (Lipinski definition) is 3. The summed E-state index contributed by atoms with van der Waals surface area (Å²) in [5.41, 5.74) is 0.578. The van der Waals surface area contributed by atoms with Gasteiger partial charge in [-0.2, -0.15) is 0 Å². The maximum Gasteiger partial charge on any atom is 0.254 e. The Balaban J connectivity index is 2.17. The van der Waals surface area contributed by atoms with E-state index in [-0.39, 0.29) is 11.9 Å². The van der Waals surface area contributed by atoms with E-state index in [1.807, 2.05) is 6.92 Å². The molecular formula is C11H13ClN2O2. The predicted molar refractivity (Wildman–Crippen MR) is 60.6 cm³/mol. The van der Waals surface area contributed by atoms with Gasteiger partial charge in [-0.05, 0) is 19.1 Å². The summed E-state index contributed by atoms with van der Waals surface area (Å²) in [6.45, 7) is 3.78. The average Bonchev–Trinajstić information content (AvgIpc) is 2.29. The first-order valence-electron chi connectivity index (χ1n) is 5.19. The van der Waals surface area contributed by atoms with Crippen LogP contribution in [0.5, 0.6) is 0 Å². The Hall–Kier alpha value is -1.13. The van der Waals surface area contributed by atoms with Gasteiger partial charge in [0.1, 0.15) is 5.15 Å². The first-order valence-corrected chi connectivity index (χ1v) is 5.56. The molecule has 0 bridgehead atoms. The summed E-state index contributed by atoms with van der Waals surface area (Å²) in [7, 11) is 0. The second-order valence-electron chi connectivity index (χ2n) is 3.79. The molecule has 0 unspecified atom stereocenters. The Morgan fingerprint density at radius 1 is 1.69 bits per heavy atom. The third kappa shape index (κ3) is 2.33. The first-order chi connectivity index (χ1) is 7.68. The molecule has 1 aliphatic rings. The number of aromatic nitrogens is 1. The van der Waals surface area contributed by atoms with Crippen LogP contribution < -0.4 is 0 Å². The molecule has 5 heteroatoms. The fourth-order valence-electron chi connectivity index (χ4n) is 1.73. The first kappa shape index (κ1) is 11.4. The molecule has 0 aliphatic carbocycles. The van der Waals surface area contributed by atoms with Crippen LogP contribution in [0.15, 0.2) is 18.3 Å². The van der Waals surface area contributed by atoms with E-state index in [0.717, 1.165) is 0 Å².